The van der Waals surface area contributed by atoms with Crippen LogP contribution in [0.15, 0.2) is 0 Å². The molecule has 1 aliphatic rings. The van der Waals surface area contributed by atoms with E-state index in [-0.39, 0.29) is 17.7 Å². The third-order valence-electron chi connectivity index (χ3n) is 3.74. The van der Waals surface area contributed by atoms with Crippen molar-refractivity contribution in [2.24, 2.45) is 11.8 Å². The molecule has 5 nitrogen and oxygen atoms in total. The van der Waals surface area contributed by atoms with E-state index in [2.05, 4.69) is 10.6 Å². The second-order valence-electron chi connectivity index (χ2n) is 5.45. The first-order chi connectivity index (χ1) is 8.40. The maximum absolute atomic E-state index is 12.2. The first-order valence-electron chi connectivity index (χ1n) is 6.67. The molecule has 0 aromatic rings. The summed E-state index contributed by atoms with van der Waals surface area (Å²) in [4.78, 5) is 23.5. The van der Waals surface area contributed by atoms with E-state index in [0.29, 0.717) is 6.42 Å². The third kappa shape index (κ3) is 3.45. The molecular weight excluding hydrogens is 232 g/mol. The Hall–Kier alpha value is -1.10. The van der Waals surface area contributed by atoms with Crippen molar-refractivity contribution in [3.8, 4) is 0 Å². The lowest BCUT2D eigenvalue weighted by atomic mass is 9.85. The minimum atomic E-state index is -1.14. The van der Waals surface area contributed by atoms with Crippen LogP contribution in [0.25, 0.3) is 0 Å². The second-order valence-corrected chi connectivity index (χ2v) is 5.45. The van der Waals surface area contributed by atoms with E-state index in [1.165, 1.54) is 0 Å². The Labute approximate surface area is 108 Å². The number of hydrogen-bond acceptors (Lipinski definition) is 3. The molecule has 5 heteroatoms. The second kappa shape index (κ2) is 6.18. The maximum atomic E-state index is 12.2. The third-order valence-corrected chi connectivity index (χ3v) is 3.74. The number of carboxylic acid groups (broad SMARTS) is 1. The Morgan fingerprint density at radius 2 is 2.17 bits per heavy atom. The standard InChI is InChI=1S/C13H24N2O3/c1-4-6-13(3,12(17)18)15-11(16)10-5-7-14-8-9(10)2/h9-10,14H,4-8H2,1-3H3,(H,15,16)(H,17,18). The van der Waals surface area contributed by atoms with E-state index in [0.717, 1.165) is 25.9 Å². The van der Waals surface area contributed by atoms with Gasteiger partial charge in [0.25, 0.3) is 0 Å². The first kappa shape index (κ1) is 15.0. The molecule has 104 valence electrons. The molecular formula is C13H24N2O3. The number of nitrogens with one attached hydrogen (secondary N) is 2. The van der Waals surface area contributed by atoms with Crippen molar-refractivity contribution in [2.75, 3.05) is 13.1 Å². The molecule has 18 heavy (non-hydrogen) atoms. The molecule has 0 aromatic carbocycles. The molecule has 0 bridgehead atoms. The quantitative estimate of drug-likeness (QED) is 0.685. The van der Waals surface area contributed by atoms with Gasteiger partial charge in [-0.2, -0.15) is 0 Å². The van der Waals surface area contributed by atoms with Crippen LogP contribution >= 0.6 is 0 Å². The molecule has 1 rings (SSSR count). The van der Waals surface area contributed by atoms with Gasteiger partial charge in [-0.1, -0.05) is 20.3 Å². The Bertz CT molecular complexity index is 319. The molecule has 1 aliphatic heterocycles. The van der Waals surface area contributed by atoms with Crippen molar-refractivity contribution >= 4 is 11.9 Å². The Kier molecular flexibility index (Phi) is 5.14. The molecule has 1 fully saturated rings. The summed E-state index contributed by atoms with van der Waals surface area (Å²) >= 11 is 0. The molecule has 0 aliphatic carbocycles. The molecule has 1 heterocycles. The van der Waals surface area contributed by atoms with Crippen LogP contribution in [0, 0.1) is 11.8 Å². The van der Waals surface area contributed by atoms with Gasteiger partial charge in [0.05, 0.1) is 0 Å². The van der Waals surface area contributed by atoms with Gasteiger partial charge in [0, 0.05) is 5.92 Å². The minimum absolute atomic E-state index is 0.0817. The molecule has 1 saturated heterocycles. The molecule has 0 radical (unpaired) electrons. The number of carboxylic acids is 1. The fourth-order valence-corrected chi connectivity index (χ4v) is 2.49. The highest BCUT2D eigenvalue weighted by Crippen LogP contribution is 2.21. The lowest BCUT2D eigenvalue weighted by molar-refractivity contribution is -0.148. The monoisotopic (exact) mass is 256 g/mol. The predicted octanol–water partition coefficient (Wildman–Crippen LogP) is 0.992. The van der Waals surface area contributed by atoms with Crippen molar-refractivity contribution in [3.63, 3.8) is 0 Å². The molecule has 3 unspecified atom stereocenters. The van der Waals surface area contributed by atoms with Gasteiger partial charge < -0.3 is 15.7 Å². The normalized spacial score (nSPS) is 27.3. The molecule has 3 atom stereocenters. The van der Waals surface area contributed by atoms with Gasteiger partial charge in [0.15, 0.2) is 0 Å². The van der Waals surface area contributed by atoms with Crippen molar-refractivity contribution in [3.05, 3.63) is 0 Å². The van der Waals surface area contributed by atoms with Gasteiger partial charge in [-0.05, 0) is 38.8 Å². The number of piperidine rings is 1. The lowest BCUT2D eigenvalue weighted by Gasteiger charge is -2.33. The number of carbonyl (C=O) groups is 2. The number of carbonyl (C=O) groups excluding carboxylic acids is 1. The van der Waals surface area contributed by atoms with Crippen LogP contribution < -0.4 is 10.6 Å². The lowest BCUT2D eigenvalue weighted by Crippen LogP contribution is -2.55. The van der Waals surface area contributed by atoms with Crippen LogP contribution in [0.3, 0.4) is 0 Å². The Morgan fingerprint density at radius 1 is 1.50 bits per heavy atom. The summed E-state index contributed by atoms with van der Waals surface area (Å²) in [5.74, 6) is -0.915. The van der Waals surface area contributed by atoms with E-state index < -0.39 is 11.5 Å². The van der Waals surface area contributed by atoms with E-state index in [4.69, 9.17) is 0 Å². The molecule has 1 amide bonds. The van der Waals surface area contributed by atoms with Gasteiger partial charge >= 0.3 is 5.97 Å². The van der Waals surface area contributed by atoms with E-state index in [9.17, 15) is 14.7 Å². The highest BCUT2D eigenvalue weighted by atomic mass is 16.4. The van der Waals surface area contributed by atoms with E-state index in [1.54, 1.807) is 6.92 Å². The number of amides is 1. The van der Waals surface area contributed by atoms with Crippen LogP contribution in [0.4, 0.5) is 0 Å². The highest BCUT2D eigenvalue weighted by molar-refractivity contribution is 5.87. The van der Waals surface area contributed by atoms with Crippen molar-refractivity contribution < 1.29 is 14.7 Å². The molecule has 0 spiro atoms. The van der Waals surface area contributed by atoms with Crippen molar-refractivity contribution in [2.45, 2.75) is 45.6 Å². The number of rotatable bonds is 5. The summed E-state index contributed by atoms with van der Waals surface area (Å²) in [5, 5.41) is 15.2. The van der Waals surface area contributed by atoms with E-state index in [1.807, 2.05) is 13.8 Å². The zero-order valence-corrected chi connectivity index (χ0v) is 11.5. The smallest absolute Gasteiger partial charge is 0.329 e. The topological polar surface area (TPSA) is 78.4 Å². The number of aliphatic carboxylic acids is 1. The van der Waals surface area contributed by atoms with Gasteiger partial charge in [0.2, 0.25) is 5.91 Å². The van der Waals surface area contributed by atoms with Crippen LogP contribution in [-0.4, -0.2) is 35.6 Å². The fourth-order valence-electron chi connectivity index (χ4n) is 2.49. The van der Waals surface area contributed by atoms with Crippen molar-refractivity contribution in [1.29, 1.82) is 0 Å². The summed E-state index contributed by atoms with van der Waals surface area (Å²) in [6.07, 6.45) is 1.95. The SMILES string of the molecule is CCCC(C)(NC(=O)C1CCNCC1C)C(=O)O. The molecule has 3 N–H and O–H groups in total. The van der Waals surface area contributed by atoms with Gasteiger partial charge in [-0.25, -0.2) is 4.79 Å². The average molecular weight is 256 g/mol. The zero-order chi connectivity index (χ0) is 13.8. The summed E-state index contributed by atoms with van der Waals surface area (Å²) in [7, 11) is 0. The summed E-state index contributed by atoms with van der Waals surface area (Å²) < 4.78 is 0. The zero-order valence-electron chi connectivity index (χ0n) is 11.5. The number of hydrogen-bond donors (Lipinski definition) is 3. The van der Waals surface area contributed by atoms with Gasteiger partial charge in [-0.15, -0.1) is 0 Å². The van der Waals surface area contributed by atoms with Crippen LogP contribution in [0.1, 0.15) is 40.0 Å². The van der Waals surface area contributed by atoms with Crippen molar-refractivity contribution in [1.82, 2.24) is 10.6 Å². The maximum Gasteiger partial charge on any atom is 0.329 e. The Morgan fingerprint density at radius 3 is 2.67 bits per heavy atom. The van der Waals surface area contributed by atoms with Gasteiger partial charge in [0.1, 0.15) is 5.54 Å². The molecule has 0 saturated carbocycles. The minimum Gasteiger partial charge on any atom is -0.480 e. The van der Waals surface area contributed by atoms with E-state index >= 15 is 0 Å². The summed E-state index contributed by atoms with van der Waals surface area (Å²) in [5.41, 5.74) is -1.14. The predicted molar refractivity (Wildman–Crippen MR) is 69.2 cm³/mol. The summed E-state index contributed by atoms with van der Waals surface area (Å²) in [6.45, 7) is 7.16. The first-order valence-corrected chi connectivity index (χ1v) is 6.67. The summed E-state index contributed by atoms with van der Waals surface area (Å²) in [6, 6.07) is 0. The van der Waals surface area contributed by atoms with Crippen LogP contribution in [-0.2, 0) is 9.59 Å². The largest absolute Gasteiger partial charge is 0.480 e. The van der Waals surface area contributed by atoms with Gasteiger partial charge in [-0.3, -0.25) is 4.79 Å². The van der Waals surface area contributed by atoms with Crippen LogP contribution in [0.5, 0.6) is 0 Å². The fraction of sp³-hybridized carbons (Fsp3) is 0.846. The molecule has 0 aromatic heterocycles. The Balaban J connectivity index is 2.68. The average Bonchev–Trinajstić information content (AvgIpc) is 2.29. The van der Waals surface area contributed by atoms with Crippen LogP contribution in [0.2, 0.25) is 0 Å². The highest BCUT2D eigenvalue weighted by Gasteiger charge is 2.37.